The molecule has 2 aromatic rings. The van der Waals surface area contributed by atoms with Crippen molar-refractivity contribution in [2.24, 2.45) is 0 Å². The summed E-state index contributed by atoms with van der Waals surface area (Å²) in [7, 11) is -3.77. The summed E-state index contributed by atoms with van der Waals surface area (Å²) in [4.78, 5) is 0. The van der Waals surface area contributed by atoms with Crippen LogP contribution in [0.5, 0.6) is 11.5 Å². The van der Waals surface area contributed by atoms with Gasteiger partial charge in [-0.25, -0.2) is 0 Å². The summed E-state index contributed by atoms with van der Waals surface area (Å²) in [5, 5.41) is 10.5. The van der Waals surface area contributed by atoms with Crippen LogP contribution in [-0.4, -0.2) is 18.3 Å². The highest BCUT2D eigenvalue weighted by molar-refractivity contribution is 7.54. The predicted octanol–water partition coefficient (Wildman–Crippen LogP) is 5.07. The lowest BCUT2D eigenvalue weighted by molar-refractivity contribution is 0.158. The maximum absolute atomic E-state index is 12.8. The zero-order valence-corrected chi connectivity index (χ0v) is 14.7. The second-order valence-corrected chi connectivity index (χ2v) is 7.15. The molecule has 25 heavy (non-hydrogen) atoms. The molecule has 1 atom stereocenters. The van der Waals surface area contributed by atoms with Crippen molar-refractivity contribution in [2.75, 3.05) is 13.2 Å². The SMILES string of the molecule is C=CCOP(=O)(OCC=C)[C@H](O)c1ccc(Oc2ccccc2)cc1. The van der Waals surface area contributed by atoms with E-state index < -0.39 is 13.4 Å². The van der Waals surface area contributed by atoms with E-state index in [1.54, 1.807) is 24.3 Å². The molecule has 0 saturated carbocycles. The van der Waals surface area contributed by atoms with Crippen molar-refractivity contribution in [2.45, 2.75) is 5.85 Å². The first-order valence-electron chi connectivity index (χ1n) is 7.70. The van der Waals surface area contributed by atoms with Gasteiger partial charge in [-0.05, 0) is 29.8 Å². The number of hydrogen-bond acceptors (Lipinski definition) is 5. The Morgan fingerprint density at radius 3 is 1.96 bits per heavy atom. The molecule has 0 amide bonds. The van der Waals surface area contributed by atoms with Crippen molar-refractivity contribution >= 4 is 7.60 Å². The maximum Gasteiger partial charge on any atom is 0.364 e. The van der Waals surface area contributed by atoms with E-state index in [0.29, 0.717) is 17.1 Å². The standard InChI is InChI=1S/C19H21O5P/c1-3-14-22-25(21,23-15-4-2)19(20)16-10-12-18(13-11-16)24-17-8-6-5-7-9-17/h3-13,19-20H,1-2,14-15H2/t19-/m0/s1. The Labute approximate surface area is 147 Å². The van der Waals surface area contributed by atoms with Crippen LogP contribution in [0.3, 0.4) is 0 Å². The lowest BCUT2D eigenvalue weighted by Gasteiger charge is -2.22. The van der Waals surface area contributed by atoms with Crippen LogP contribution in [0.1, 0.15) is 11.4 Å². The second-order valence-electron chi connectivity index (χ2n) is 5.07. The molecule has 0 radical (unpaired) electrons. The zero-order chi connectivity index (χ0) is 18.1. The molecule has 2 rings (SSSR count). The molecule has 0 aliphatic rings. The molecule has 0 spiro atoms. The number of aliphatic hydroxyl groups excluding tert-OH is 1. The summed E-state index contributed by atoms with van der Waals surface area (Å²) in [6.45, 7) is 7.02. The maximum atomic E-state index is 12.8. The van der Waals surface area contributed by atoms with Crippen molar-refractivity contribution in [3.05, 3.63) is 85.5 Å². The fourth-order valence-corrected chi connectivity index (χ4v) is 3.53. The van der Waals surface area contributed by atoms with Crippen molar-refractivity contribution in [3.8, 4) is 11.5 Å². The Balaban J connectivity index is 2.13. The van der Waals surface area contributed by atoms with Crippen LogP contribution in [0.15, 0.2) is 79.9 Å². The van der Waals surface area contributed by atoms with Gasteiger partial charge < -0.3 is 18.9 Å². The minimum atomic E-state index is -3.77. The van der Waals surface area contributed by atoms with Crippen molar-refractivity contribution in [1.29, 1.82) is 0 Å². The summed E-state index contributed by atoms with van der Waals surface area (Å²) >= 11 is 0. The van der Waals surface area contributed by atoms with Crippen LogP contribution in [-0.2, 0) is 13.6 Å². The second kappa shape index (κ2) is 9.35. The highest BCUT2D eigenvalue weighted by Crippen LogP contribution is 2.59. The third-order valence-electron chi connectivity index (χ3n) is 3.20. The summed E-state index contributed by atoms with van der Waals surface area (Å²) in [6.07, 6.45) is 2.88. The summed E-state index contributed by atoms with van der Waals surface area (Å²) in [6, 6.07) is 15.9. The normalized spacial score (nSPS) is 12.4. The summed E-state index contributed by atoms with van der Waals surface area (Å²) in [5.41, 5.74) is 0.400. The number of ether oxygens (including phenoxy) is 1. The number of benzene rings is 2. The molecular weight excluding hydrogens is 339 g/mol. The Hall–Kier alpha value is -2.17. The molecule has 0 aromatic heterocycles. The van der Waals surface area contributed by atoms with Crippen molar-refractivity contribution in [3.63, 3.8) is 0 Å². The van der Waals surface area contributed by atoms with Crippen molar-refractivity contribution < 1.29 is 23.5 Å². The first-order valence-corrected chi connectivity index (χ1v) is 9.32. The van der Waals surface area contributed by atoms with Crippen LogP contribution < -0.4 is 4.74 Å². The summed E-state index contributed by atoms with van der Waals surface area (Å²) < 4.78 is 28.9. The third-order valence-corrected chi connectivity index (χ3v) is 5.12. The molecule has 0 aliphatic carbocycles. The highest BCUT2D eigenvalue weighted by atomic mass is 31.2. The van der Waals surface area contributed by atoms with E-state index in [2.05, 4.69) is 13.2 Å². The molecule has 1 N–H and O–H groups in total. The fraction of sp³-hybridized carbons (Fsp3) is 0.158. The molecule has 0 heterocycles. The van der Waals surface area contributed by atoms with Gasteiger partial charge in [0.1, 0.15) is 11.5 Å². The van der Waals surface area contributed by atoms with Crippen LogP contribution >= 0.6 is 7.60 Å². The minimum Gasteiger partial charge on any atom is -0.457 e. The van der Waals surface area contributed by atoms with Gasteiger partial charge >= 0.3 is 7.60 Å². The molecular formula is C19H21O5P. The number of para-hydroxylation sites is 1. The van der Waals surface area contributed by atoms with Gasteiger partial charge in [0, 0.05) is 0 Å². The molecule has 0 saturated heterocycles. The van der Waals surface area contributed by atoms with Gasteiger partial charge in [0.15, 0.2) is 5.85 Å². The van der Waals surface area contributed by atoms with E-state index >= 15 is 0 Å². The lowest BCUT2D eigenvalue weighted by Crippen LogP contribution is -2.06. The van der Waals surface area contributed by atoms with E-state index in [0.717, 1.165) is 0 Å². The van der Waals surface area contributed by atoms with Crippen LogP contribution in [0.25, 0.3) is 0 Å². The molecule has 2 aromatic carbocycles. The molecule has 0 fully saturated rings. The van der Waals surface area contributed by atoms with E-state index in [1.807, 2.05) is 30.3 Å². The van der Waals surface area contributed by atoms with Crippen LogP contribution in [0.2, 0.25) is 0 Å². The van der Waals surface area contributed by atoms with E-state index in [9.17, 15) is 9.67 Å². The number of hydrogen-bond donors (Lipinski definition) is 1. The lowest BCUT2D eigenvalue weighted by atomic mass is 10.2. The quantitative estimate of drug-likeness (QED) is 0.473. The Morgan fingerprint density at radius 1 is 0.920 bits per heavy atom. The molecule has 0 aliphatic heterocycles. The Kier molecular flexibility index (Phi) is 7.16. The zero-order valence-electron chi connectivity index (χ0n) is 13.8. The van der Waals surface area contributed by atoms with E-state index in [1.165, 1.54) is 12.2 Å². The molecule has 6 heteroatoms. The van der Waals surface area contributed by atoms with Gasteiger partial charge in [0.05, 0.1) is 13.2 Å². The van der Waals surface area contributed by atoms with Gasteiger partial charge in [0.25, 0.3) is 0 Å². The average Bonchev–Trinajstić information content (AvgIpc) is 2.65. The number of aliphatic hydroxyl groups is 1. The minimum absolute atomic E-state index is 0.000677. The third kappa shape index (κ3) is 5.41. The van der Waals surface area contributed by atoms with E-state index in [4.69, 9.17) is 13.8 Å². The van der Waals surface area contributed by atoms with Gasteiger partial charge in [0.2, 0.25) is 0 Å². The van der Waals surface area contributed by atoms with Gasteiger partial charge in [-0.2, -0.15) is 0 Å². The highest BCUT2D eigenvalue weighted by Gasteiger charge is 2.35. The first-order chi connectivity index (χ1) is 12.1. The number of rotatable bonds is 10. The average molecular weight is 360 g/mol. The molecule has 5 nitrogen and oxygen atoms in total. The first kappa shape index (κ1) is 19.2. The van der Waals surface area contributed by atoms with Gasteiger partial charge in [-0.15, -0.1) is 13.2 Å². The van der Waals surface area contributed by atoms with Crippen LogP contribution in [0, 0.1) is 0 Å². The smallest absolute Gasteiger partial charge is 0.364 e. The van der Waals surface area contributed by atoms with Gasteiger partial charge in [-0.1, -0.05) is 42.5 Å². The molecule has 0 bridgehead atoms. The Morgan fingerprint density at radius 2 is 1.44 bits per heavy atom. The van der Waals surface area contributed by atoms with Gasteiger partial charge in [-0.3, -0.25) is 4.57 Å². The largest absolute Gasteiger partial charge is 0.457 e. The monoisotopic (exact) mass is 360 g/mol. The van der Waals surface area contributed by atoms with Crippen molar-refractivity contribution in [1.82, 2.24) is 0 Å². The van der Waals surface area contributed by atoms with E-state index in [-0.39, 0.29) is 13.2 Å². The Bertz CT molecular complexity index is 711. The molecule has 132 valence electrons. The van der Waals surface area contributed by atoms with Crippen LogP contribution in [0.4, 0.5) is 0 Å². The predicted molar refractivity (Wildman–Crippen MR) is 97.8 cm³/mol. The summed E-state index contributed by atoms with van der Waals surface area (Å²) in [5.74, 6) is -0.126. The fourth-order valence-electron chi connectivity index (χ4n) is 2.01. The molecule has 0 unspecified atom stereocenters. The topological polar surface area (TPSA) is 65.0 Å².